The molecule has 0 saturated carbocycles. The summed E-state index contributed by atoms with van der Waals surface area (Å²) in [4.78, 5) is 30.9. The monoisotopic (exact) mass is 397 g/mol. The second-order valence-corrected chi connectivity index (χ2v) is 7.80. The van der Waals surface area contributed by atoms with Crippen LogP contribution in [-0.4, -0.2) is 37.9 Å². The fraction of sp³-hybridized carbons (Fsp3) is 0.250. The van der Waals surface area contributed by atoms with E-state index in [4.69, 9.17) is 4.98 Å². The molecular formula is C24H23N5O. The fourth-order valence-corrected chi connectivity index (χ4v) is 4.25. The molecular weight excluding hydrogens is 374 g/mol. The molecule has 1 N–H and O–H groups in total. The van der Waals surface area contributed by atoms with Crippen molar-refractivity contribution in [2.45, 2.75) is 25.3 Å². The van der Waals surface area contributed by atoms with Crippen LogP contribution in [0, 0.1) is 0 Å². The maximum Gasteiger partial charge on any atom is 0.251 e. The van der Waals surface area contributed by atoms with Gasteiger partial charge in [0.05, 0.1) is 11.2 Å². The van der Waals surface area contributed by atoms with Crippen molar-refractivity contribution < 1.29 is 0 Å². The molecule has 150 valence electrons. The van der Waals surface area contributed by atoms with Gasteiger partial charge in [0.2, 0.25) is 0 Å². The van der Waals surface area contributed by atoms with Gasteiger partial charge in [-0.05, 0) is 55.8 Å². The maximum absolute atomic E-state index is 12.2. The lowest BCUT2D eigenvalue weighted by Crippen LogP contribution is -2.33. The molecule has 0 aliphatic carbocycles. The quantitative estimate of drug-likeness (QED) is 0.568. The summed E-state index contributed by atoms with van der Waals surface area (Å²) in [7, 11) is 0. The third kappa shape index (κ3) is 3.86. The minimum atomic E-state index is -0.107. The number of H-pyrrole nitrogens is 1. The van der Waals surface area contributed by atoms with Crippen molar-refractivity contribution in [2.75, 3.05) is 13.1 Å². The van der Waals surface area contributed by atoms with Crippen LogP contribution in [0.15, 0.2) is 71.9 Å². The summed E-state index contributed by atoms with van der Waals surface area (Å²) in [5, 5.41) is 1.22. The van der Waals surface area contributed by atoms with Gasteiger partial charge in [0.25, 0.3) is 5.56 Å². The van der Waals surface area contributed by atoms with Crippen molar-refractivity contribution >= 4 is 10.9 Å². The molecule has 3 aromatic heterocycles. The highest BCUT2D eigenvalue weighted by Crippen LogP contribution is 2.28. The first-order valence-electron chi connectivity index (χ1n) is 10.3. The van der Waals surface area contributed by atoms with E-state index in [1.807, 2.05) is 24.4 Å². The number of fused-ring (bicyclic) bond motifs is 1. The van der Waals surface area contributed by atoms with Gasteiger partial charge in [0.1, 0.15) is 5.82 Å². The van der Waals surface area contributed by atoms with Crippen molar-refractivity contribution in [3.05, 3.63) is 88.7 Å². The minimum Gasteiger partial charge on any atom is -0.306 e. The van der Waals surface area contributed by atoms with E-state index in [-0.39, 0.29) is 5.56 Å². The summed E-state index contributed by atoms with van der Waals surface area (Å²) in [6, 6.07) is 15.8. The molecule has 1 aromatic carbocycles. The minimum absolute atomic E-state index is 0.107. The number of nitrogens with zero attached hydrogens (tertiary/aromatic N) is 4. The second-order valence-electron chi connectivity index (χ2n) is 7.80. The molecule has 1 aliphatic heterocycles. The molecule has 0 bridgehead atoms. The molecule has 0 spiro atoms. The zero-order valence-corrected chi connectivity index (χ0v) is 16.7. The van der Waals surface area contributed by atoms with Crippen LogP contribution in [0.25, 0.3) is 22.3 Å². The lowest BCUT2D eigenvalue weighted by molar-refractivity contribution is 0.204. The smallest absolute Gasteiger partial charge is 0.251 e. The lowest BCUT2D eigenvalue weighted by atomic mass is 9.92. The van der Waals surface area contributed by atoms with Crippen molar-refractivity contribution in [1.82, 2.24) is 24.8 Å². The first kappa shape index (κ1) is 18.6. The molecule has 0 radical (unpaired) electrons. The Labute approximate surface area is 174 Å². The molecule has 6 nitrogen and oxygen atoms in total. The summed E-state index contributed by atoms with van der Waals surface area (Å²) >= 11 is 0. The summed E-state index contributed by atoms with van der Waals surface area (Å²) in [6.45, 7) is 2.88. The number of piperidine rings is 1. The number of rotatable bonds is 4. The number of nitrogens with one attached hydrogen (secondary N) is 1. The first-order valence-corrected chi connectivity index (χ1v) is 10.3. The van der Waals surface area contributed by atoms with Crippen molar-refractivity contribution in [2.24, 2.45) is 0 Å². The summed E-state index contributed by atoms with van der Waals surface area (Å²) < 4.78 is 0. The highest BCUT2D eigenvalue weighted by Gasteiger charge is 2.23. The van der Waals surface area contributed by atoms with Crippen LogP contribution < -0.4 is 5.56 Å². The van der Waals surface area contributed by atoms with E-state index in [0.29, 0.717) is 11.7 Å². The number of para-hydroxylation sites is 1. The Balaban J connectivity index is 1.30. The lowest BCUT2D eigenvalue weighted by Gasteiger charge is -2.32. The Morgan fingerprint density at radius 1 is 1.03 bits per heavy atom. The van der Waals surface area contributed by atoms with Crippen LogP contribution >= 0.6 is 0 Å². The number of hydrogen-bond donors (Lipinski definition) is 1. The third-order valence-electron chi connectivity index (χ3n) is 5.84. The van der Waals surface area contributed by atoms with E-state index in [9.17, 15) is 4.79 Å². The fourth-order valence-electron chi connectivity index (χ4n) is 4.25. The Morgan fingerprint density at radius 3 is 2.73 bits per heavy atom. The standard InChI is InChI=1S/C24H23N5O/c30-23-14-22(27-24(28-23)18-4-3-10-25-15-18)17-8-12-29(13-9-17)16-19-7-11-26-21-6-2-1-5-20(19)21/h1-7,10-11,14-15,17H,8-9,12-13,16H2,(H,27,28,30). The second kappa shape index (κ2) is 8.16. The Morgan fingerprint density at radius 2 is 1.90 bits per heavy atom. The van der Waals surface area contributed by atoms with Gasteiger partial charge in [-0.1, -0.05) is 18.2 Å². The summed E-state index contributed by atoms with van der Waals surface area (Å²) in [5.41, 5.74) is 3.96. The van der Waals surface area contributed by atoms with Gasteiger partial charge in [-0.3, -0.25) is 19.7 Å². The molecule has 0 amide bonds. The van der Waals surface area contributed by atoms with Crippen LogP contribution in [-0.2, 0) is 6.54 Å². The van der Waals surface area contributed by atoms with Gasteiger partial charge in [-0.25, -0.2) is 4.98 Å². The summed E-state index contributed by atoms with van der Waals surface area (Å²) in [5.74, 6) is 0.893. The van der Waals surface area contributed by atoms with Gasteiger partial charge in [0, 0.05) is 48.1 Å². The number of benzene rings is 1. The molecule has 1 aliphatic rings. The molecule has 30 heavy (non-hydrogen) atoms. The SMILES string of the molecule is O=c1cc(C2CCN(Cc3ccnc4ccccc34)CC2)nc(-c2cccnc2)[nH]1. The van der Waals surface area contributed by atoms with Crippen LogP contribution in [0.1, 0.15) is 30.0 Å². The molecule has 6 heteroatoms. The van der Waals surface area contributed by atoms with Crippen LogP contribution in [0.4, 0.5) is 0 Å². The average molecular weight is 397 g/mol. The predicted molar refractivity (Wildman–Crippen MR) is 117 cm³/mol. The van der Waals surface area contributed by atoms with Gasteiger partial charge in [0.15, 0.2) is 0 Å². The first-order chi connectivity index (χ1) is 14.8. The maximum atomic E-state index is 12.2. The number of hydrogen-bond acceptors (Lipinski definition) is 5. The van der Waals surface area contributed by atoms with E-state index in [2.05, 4.69) is 44.1 Å². The molecule has 0 atom stereocenters. The number of aromatic amines is 1. The van der Waals surface area contributed by atoms with E-state index in [1.165, 1.54) is 10.9 Å². The van der Waals surface area contributed by atoms with Gasteiger partial charge in [-0.2, -0.15) is 0 Å². The zero-order valence-electron chi connectivity index (χ0n) is 16.7. The third-order valence-corrected chi connectivity index (χ3v) is 5.84. The Bertz CT molecular complexity index is 1210. The normalized spacial score (nSPS) is 15.5. The Kier molecular flexibility index (Phi) is 5.07. The number of aromatic nitrogens is 4. The van der Waals surface area contributed by atoms with Crippen molar-refractivity contribution in [1.29, 1.82) is 0 Å². The van der Waals surface area contributed by atoms with Crippen LogP contribution in [0.2, 0.25) is 0 Å². The summed E-state index contributed by atoms with van der Waals surface area (Å²) in [6.07, 6.45) is 7.32. The van der Waals surface area contributed by atoms with E-state index >= 15 is 0 Å². The highest BCUT2D eigenvalue weighted by molar-refractivity contribution is 5.81. The predicted octanol–water partition coefficient (Wildman–Crippen LogP) is 3.76. The van der Waals surface area contributed by atoms with Gasteiger partial charge < -0.3 is 4.98 Å². The average Bonchev–Trinajstić information content (AvgIpc) is 2.80. The number of pyridine rings is 2. The van der Waals surface area contributed by atoms with Crippen molar-refractivity contribution in [3.63, 3.8) is 0 Å². The molecule has 1 saturated heterocycles. The highest BCUT2D eigenvalue weighted by atomic mass is 16.1. The van der Waals surface area contributed by atoms with Crippen LogP contribution in [0.3, 0.4) is 0 Å². The Hall–Kier alpha value is -3.38. The molecule has 4 aromatic rings. The number of likely N-dealkylation sites (tertiary alicyclic amines) is 1. The molecule has 5 rings (SSSR count). The van der Waals surface area contributed by atoms with Gasteiger partial charge >= 0.3 is 0 Å². The molecule has 0 unspecified atom stereocenters. The zero-order chi connectivity index (χ0) is 20.3. The van der Waals surface area contributed by atoms with Crippen molar-refractivity contribution in [3.8, 4) is 11.4 Å². The largest absolute Gasteiger partial charge is 0.306 e. The van der Waals surface area contributed by atoms with E-state index in [0.717, 1.165) is 49.2 Å². The molecule has 1 fully saturated rings. The molecule has 4 heterocycles. The van der Waals surface area contributed by atoms with Gasteiger partial charge in [-0.15, -0.1) is 0 Å². The topological polar surface area (TPSA) is 74.8 Å². The van der Waals surface area contributed by atoms with E-state index < -0.39 is 0 Å². The van der Waals surface area contributed by atoms with E-state index in [1.54, 1.807) is 18.5 Å². The van der Waals surface area contributed by atoms with Crippen LogP contribution in [0.5, 0.6) is 0 Å².